The van der Waals surface area contributed by atoms with E-state index in [1.54, 1.807) is 16.7 Å². The number of nitro groups is 1. The smallest absolute Gasteiger partial charge is 0.271 e. The molecule has 1 aliphatic heterocycles. The third-order valence-corrected chi connectivity index (χ3v) is 9.15. The van der Waals surface area contributed by atoms with Gasteiger partial charge >= 0.3 is 0 Å². The van der Waals surface area contributed by atoms with E-state index in [1.165, 1.54) is 18.2 Å². The molecule has 5 rings (SSSR count). The Bertz CT molecular complexity index is 1690. The molecule has 208 valence electrons. The minimum atomic E-state index is -0.657. The third-order valence-electron chi connectivity index (χ3n) is 7.51. The Kier molecular flexibility index (Phi) is 8.14. The molecule has 2 aliphatic rings. The number of rotatable bonds is 6. The average molecular weight is 606 g/mol. The highest BCUT2D eigenvalue weighted by atomic mass is 35.5. The molecule has 1 atom stereocenters. The number of halogens is 2. The second kappa shape index (κ2) is 11.6. The summed E-state index contributed by atoms with van der Waals surface area (Å²) in [4.78, 5) is 27.3. The van der Waals surface area contributed by atoms with Gasteiger partial charge in [-0.1, -0.05) is 40.9 Å². The van der Waals surface area contributed by atoms with E-state index in [-0.39, 0.29) is 33.6 Å². The van der Waals surface area contributed by atoms with Crippen LogP contribution in [-0.2, 0) is 10.5 Å². The Morgan fingerprint density at radius 3 is 2.54 bits per heavy atom. The van der Waals surface area contributed by atoms with Crippen molar-refractivity contribution in [3.63, 3.8) is 0 Å². The predicted molar refractivity (Wildman–Crippen MR) is 163 cm³/mol. The van der Waals surface area contributed by atoms with Crippen LogP contribution in [0.5, 0.6) is 0 Å². The van der Waals surface area contributed by atoms with Gasteiger partial charge < -0.3 is 5.73 Å². The number of allylic oxidation sites excluding steroid dienone is 3. The number of nitriles is 1. The minimum absolute atomic E-state index is 0.0685. The maximum atomic E-state index is 13.6. The van der Waals surface area contributed by atoms with Crippen molar-refractivity contribution >= 4 is 52.1 Å². The normalized spacial score (nSPS) is 17.0. The van der Waals surface area contributed by atoms with Gasteiger partial charge in [0.1, 0.15) is 5.82 Å². The van der Waals surface area contributed by atoms with Crippen LogP contribution in [0.1, 0.15) is 47.4 Å². The Morgan fingerprint density at radius 2 is 1.85 bits per heavy atom. The summed E-state index contributed by atoms with van der Waals surface area (Å²) in [7, 11) is 0. The predicted octanol–water partition coefficient (Wildman–Crippen LogP) is 8.12. The topological polar surface area (TPSA) is 113 Å². The Morgan fingerprint density at radius 1 is 1.12 bits per heavy atom. The summed E-state index contributed by atoms with van der Waals surface area (Å²) in [6.45, 7) is 4.00. The standard InChI is InChI=1S/C31H26Cl2N4O3S/c1-17-12-19(16-41-22-9-6-20(32)7-10-22)18(2)23(13-17)29-24(15-34)31(35)36(26-4-3-5-28(38)30(26)29)27-14-21(37(39)40)8-11-25(27)33/h6-14,29H,3-5,16,35H2,1-2H3. The summed E-state index contributed by atoms with van der Waals surface area (Å²) in [5, 5.41) is 22.9. The van der Waals surface area contributed by atoms with Crippen molar-refractivity contribution in [3.05, 3.63) is 120 Å². The number of Topliss-reactive ketones (excluding diaryl/α,β-unsaturated/α-hetero) is 1. The number of nitrogens with zero attached hydrogens (tertiary/aromatic N) is 3. The van der Waals surface area contributed by atoms with E-state index in [9.17, 15) is 20.2 Å². The number of nitro benzene ring substituents is 1. The maximum Gasteiger partial charge on any atom is 0.271 e. The summed E-state index contributed by atoms with van der Waals surface area (Å²) in [6.07, 6.45) is 1.45. The zero-order chi connectivity index (χ0) is 29.4. The number of hydrogen-bond acceptors (Lipinski definition) is 7. The van der Waals surface area contributed by atoms with Crippen LogP contribution in [-0.4, -0.2) is 10.7 Å². The highest BCUT2D eigenvalue weighted by Gasteiger charge is 2.41. The number of aryl methyl sites for hydroxylation is 1. The van der Waals surface area contributed by atoms with Gasteiger partial charge in [0.05, 0.1) is 33.2 Å². The number of anilines is 1. The number of carbonyl (C=O) groups is 1. The van der Waals surface area contributed by atoms with E-state index in [0.717, 1.165) is 27.1 Å². The molecule has 0 fully saturated rings. The lowest BCUT2D eigenvalue weighted by atomic mass is 9.73. The first-order valence-electron chi connectivity index (χ1n) is 13.0. The first-order valence-corrected chi connectivity index (χ1v) is 14.7. The largest absolute Gasteiger partial charge is 0.384 e. The summed E-state index contributed by atoms with van der Waals surface area (Å²) < 4.78 is 0. The van der Waals surface area contributed by atoms with Gasteiger partial charge in [0.25, 0.3) is 5.69 Å². The number of ketones is 1. The van der Waals surface area contributed by atoms with Crippen LogP contribution in [0.4, 0.5) is 11.4 Å². The molecular weight excluding hydrogens is 579 g/mol. The molecule has 0 bridgehead atoms. The van der Waals surface area contributed by atoms with Crippen LogP contribution in [0.3, 0.4) is 0 Å². The van der Waals surface area contributed by atoms with E-state index >= 15 is 0 Å². The lowest BCUT2D eigenvalue weighted by Gasteiger charge is -2.40. The third kappa shape index (κ3) is 5.45. The van der Waals surface area contributed by atoms with E-state index in [2.05, 4.69) is 12.1 Å². The van der Waals surface area contributed by atoms with Crippen molar-refractivity contribution in [2.24, 2.45) is 5.73 Å². The average Bonchev–Trinajstić information content (AvgIpc) is 2.94. The van der Waals surface area contributed by atoms with Crippen molar-refractivity contribution in [3.8, 4) is 6.07 Å². The zero-order valence-electron chi connectivity index (χ0n) is 22.4. The molecule has 2 N–H and O–H groups in total. The van der Waals surface area contributed by atoms with Crippen LogP contribution in [0.25, 0.3) is 0 Å². The van der Waals surface area contributed by atoms with Crippen molar-refractivity contribution in [2.75, 3.05) is 4.90 Å². The Labute approximate surface area is 252 Å². The number of non-ortho nitro benzene ring substituents is 1. The summed E-state index contributed by atoms with van der Waals surface area (Å²) in [6, 6.07) is 18.1. The lowest BCUT2D eigenvalue weighted by Crippen LogP contribution is -2.39. The van der Waals surface area contributed by atoms with Crippen LogP contribution in [0.15, 0.2) is 82.2 Å². The molecule has 1 heterocycles. The second-order valence-corrected chi connectivity index (χ2v) is 12.0. The monoisotopic (exact) mass is 604 g/mol. The fourth-order valence-corrected chi connectivity index (χ4v) is 6.84. The molecule has 1 unspecified atom stereocenters. The quantitative estimate of drug-likeness (QED) is 0.172. The molecular formula is C31H26Cl2N4O3S. The summed E-state index contributed by atoms with van der Waals surface area (Å²) in [5.74, 6) is 0.0775. The lowest BCUT2D eigenvalue weighted by molar-refractivity contribution is -0.384. The van der Waals surface area contributed by atoms with Crippen molar-refractivity contribution in [1.29, 1.82) is 5.26 Å². The maximum absolute atomic E-state index is 13.6. The van der Waals surface area contributed by atoms with E-state index in [0.29, 0.717) is 41.3 Å². The van der Waals surface area contributed by atoms with Gasteiger partial charge in [0, 0.05) is 45.5 Å². The molecule has 7 nitrogen and oxygen atoms in total. The second-order valence-electron chi connectivity index (χ2n) is 10.1. The highest BCUT2D eigenvalue weighted by molar-refractivity contribution is 7.98. The molecule has 1 aliphatic carbocycles. The fourth-order valence-electron chi connectivity index (χ4n) is 5.56. The van der Waals surface area contributed by atoms with Gasteiger partial charge in [-0.05, 0) is 73.7 Å². The van der Waals surface area contributed by atoms with Crippen molar-refractivity contribution < 1.29 is 9.72 Å². The Hall–Kier alpha value is -3.77. The highest BCUT2D eigenvalue weighted by Crippen LogP contribution is 2.49. The molecule has 0 amide bonds. The molecule has 0 saturated carbocycles. The molecule has 3 aromatic rings. The van der Waals surface area contributed by atoms with E-state index in [4.69, 9.17) is 28.9 Å². The van der Waals surface area contributed by atoms with Crippen LogP contribution in [0.2, 0.25) is 10.0 Å². The first-order chi connectivity index (χ1) is 19.6. The number of hydrogen-bond donors (Lipinski definition) is 1. The van der Waals surface area contributed by atoms with Crippen molar-refractivity contribution in [1.82, 2.24) is 0 Å². The molecule has 41 heavy (non-hydrogen) atoms. The van der Waals surface area contributed by atoms with Gasteiger partial charge in [0.15, 0.2) is 5.78 Å². The van der Waals surface area contributed by atoms with Crippen LogP contribution < -0.4 is 10.6 Å². The fraction of sp³-hybridized carbons (Fsp3) is 0.226. The SMILES string of the molecule is Cc1cc(CSc2ccc(Cl)cc2)c(C)c(C2C(C#N)=C(N)N(c3cc([N+](=O)[O-])ccc3Cl)C3=C2C(=O)CCC3)c1. The van der Waals surface area contributed by atoms with Gasteiger partial charge in [-0.25, -0.2) is 0 Å². The van der Waals surface area contributed by atoms with Crippen molar-refractivity contribution in [2.45, 2.75) is 49.7 Å². The number of nitrogens with two attached hydrogens (primary N) is 1. The molecule has 0 aromatic heterocycles. The zero-order valence-corrected chi connectivity index (χ0v) is 24.7. The molecule has 0 radical (unpaired) electrons. The summed E-state index contributed by atoms with van der Waals surface area (Å²) in [5.41, 5.74) is 12.1. The van der Waals surface area contributed by atoms with Gasteiger partial charge in [-0.2, -0.15) is 5.26 Å². The molecule has 3 aromatic carbocycles. The van der Waals surface area contributed by atoms with Gasteiger partial charge in [0.2, 0.25) is 0 Å². The molecule has 0 saturated heterocycles. The molecule has 10 heteroatoms. The van der Waals surface area contributed by atoms with Crippen LogP contribution in [0, 0.1) is 35.3 Å². The number of carbonyl (C=O) groups excluding carboxylic acids is 1. The number of thioether (sulfide) groups is 1. The van der Waals surface area contributed by atoms with E-state index < -0.39 is 10.8 Å². The minimum Gasteiger partial charge on any atom is -0.384 e. The van der Waals surface area contributed by atoms with Gasteiger partial charge in [-0.3, -0.25) is 19.8 Å². The first kappa shape index (κ1) is 28.7. The van der Waals surface area contributed by atoms with E-state index in [1.807, 2.05) is 44.2 Å². The Balaban J connectivity index is 1.66. The summed E-state index contributed by atoms with van der Waals surface area (Å²) >= 11 is 14.3. The van der Waals surface area contributed by atoms with Crippen LogP contribution >= 0.6 is 35.0 Å². The number of benzene rings is 3. The van der Waals surface area contributed by atoms with Gasteiger partial charge in [-0.15, -0.1) is 11.8 Å². The molecule has 0 spiro atoms.